The van der Waals surface area contributed by atoms with Gasteiger partial charge in [0.05, 0.1) is 42.0 Å². The molecule has 144 valence electrons. The molecular weight excluding hydrogens is 342 g/mol. The molecule has 0 bridgehead atoms. The van der Waals surface area contributed by atoms with Crippen LogP contribution in [0.1, 0.15) is 20.8 Å². The molecule has 0 fully saturated rings. The van der Waals surface area contributed by atoms with E-state index in [0.717, 1.165) is 29.8 Å². The Morgan fingerprint density at radius 1 is 1.00 bits per heavy atom. The molecule has 6 nitrogen and oxygen atoms in total. The molecule has 27 heavy (non-hydrogen) atoms. The van der Waals surface area contributed by atoms with Crippen LogP contribution in [-0.4, -0.2) is 31.9 Å². The zero-order valence-corrected chi connectivity index (χ0v) is 16.6. The van der Waals surface area contributed by atoms with Gasteiger partial charge in [-0.1, -0.05) is 0 Å². The van der Waals surface area contributed by atoms with Crippen LogP contribution in [0.4, 0.5) is 11.4 Å². The molecule has 0 atom stereocenters. The van der Waals surface area contributed by atoms with Gasteiger partial charge in [-0.15, -0.1) is 0 Å². The Hall–Kier alpha value is -2.89. The molecule has 0 spiro atoms. The van der Waals surface area contributed by atoms with E-state index in [1.165, 1.54) is 0 Å². The summed E-state index contributed by atoms with van der Waals surface area (Å²) in [7, 11) is 3.17. The summed E-state index contributed by atoms with van der Waals surface area (Å²) in [5.41, 5.74) is 9.45. The van der Waals surface area contributed by atoms with Crippen molar-refractivity contribution in [1.29, 1.82) is 0 Å². The predicted octanol–water partition coefficient (Wildman–Crippen LogP) is 3.62. The van der Waals surface area contributed by atoms with Gasteiger partial charge in [0.25, 0.3) is 0 Å². The Balaban J connectivity index is 2.52. The average molecular weight is 369 g/mol. The van der Waals surface area contributed by atoms with Gasteiger partial charge in [-0.25, -0.2) is 0 Å². The Labute approximate surface area is 159 Å². The van der Waals surface area contributed by atoms with Crippen molar-refractivity contribution in [3.8, 4) is 11.5 Å². The minimum atomic E-state index is -0.0815. The van der Waals surface area contributed by atoms with Crippen LogP contribution >= 0.6 is 0 Å². The standard InChI is InChI=1S/C21H27N3O3/c1-6-23(7-2)17-12-16-14(11-15(17)22)21(25)20-18(24(16)8-3)9-13(26-4)10-19(20)27-5/h9-12H,6-8,22H2,1-5H3. The van der Waals surface area contributed by atoms with Crippen LogP contribution < -0.4 is 25.5 Å². The molecule has 0 unspecified atom stereocenters. The maximum Gasteiger partial charge on any atom is 0.201 e. The summed E-state index contributed by atoms with van der Waals surface area (Å²) >= 11 is 0. The van der Waals surface area contributed by atoms with Gasteiger partial charge in [0.2, 0.25) is 5.43 Å². The van der Waals surface area contributed by atoms with E-state index in [0.29, 0.717) is 34.5 Å². The first-order chi connectivity index (χ1) is 13.0. The average Bonchev–Trinajstić information content (AvgIpc) is 2.69. The minimum Gasteiger partial charge on any atom is -0.497 e. The van der Waals surface area contributed by atoms with E-state index < -0.39 is 0 Å². The van der Waals surface area contributed by atoms with Crippen molar-refractivity contribution < 1.29 is 9.47 Å². The van der Waals surface area contributed by atoms with E-state index in [-0.39, 0.29) is 5.43 Å². The van der Waals surface area contributed by atoms with Crippen molar-refractivity contribution in [2.75, 3.05) is 37.9 Å². The first-order valence-corrected chi connectivity index (χ1v) is 9.27. The summed E-state index contributed by atoms with van der Waals surface area (Å²) in [5.74, 6) is 1.16. The van der Waals surface area contributed by atoms with Gasteiger partial charge in [-0.05, 0) is 32.9 Å². The van der Waals surface area contributed by atoms with Crippen molar-refractivity contribution in [1.82, 2.24) is 4.57 Å². The van der Waals surface area contributed by atoms with Gasteiger partial charge in [-0.2, -0.15) is 0 Å². The highest BCUT2D eigenvalue weighted by atomic mass is 16.5. The van der Waals surface area contributed by atoms with Gasteiger partial charge >= 0.3 is 0 Å². The number of aryl methyl sites for hydroxylation is 1. The maximum absolute atomic E-state index is 13.3. The number of rotatable bonds is 6. The molecule has 0 saturated carbocycles. The number of fused-ring (bicyclic) bond motifs is 2. The van der Waals surface area contributed by atoms with Crippen molar-refractivity contribution >= 4 is 33.2 Å². The van der Waals surface area contributed by atoms with Crippen LogP contribution in [0, 0.1) is 0 Å². The molecule has 2 aromatic carbocycles. The van der Waals surface area contributed by atoms with E-state index in [9.17, 15) is 4.79 Å². The SMILES string of the molecule is CCN(CC)c1cc2c(cc1N)c(=O)c1c(OC)cc(OC)cc1n2CC. The van der Waals surface area contributed by atoms with Gasteiger partial charge in [-0.3, -0.25) is 4.79 Å². The number of benzene rings is 2. The van der Waals surface area contributed by atoms with E-state index in [4.69, 9.17) is 15.2 Å². The lowest BCUT2D eigenvalue weighted by Crippen LogP contribution is -2.23. The number of nitrogens with zero attached hydrogens (tertiary/aromatic N) is 2. The van der Waals surface area contributed by atoms with Crippen molar-refractivity contribution in [2.45, 2.75) is 27.3 Å². The van der Waals surface area contributed by atoms with Gasteiger partial charge < -0.3 is 24.7 Å². The fourth-order valence-corrected chi connectivity index (χ4v) is 3.74. The number of methoxy groups -OCH3 is 2. The number of nitrogen functional groups attached to an aromatic ring is 1. The zero-order chi connectivity index (χ0) is 19.7. The lowest BCUT2D eigenvalue weighted by Gasteiger charge is -2.24. The Bertz CT molecular complexity index is 1050. The third kappa shape index (κ3) is 2.95. The molecule has 0 aliphatic carbocycles. The maximum atomic E-state index is 13.3. The van der Waals surface area contributed by atoms with Crippen molar-refractivity contribution in [2.24, 2.45) is 0 Å². The predicted molar refractivity (Wildman–Crippen MR) is 112 cm³/mol. The summed E-state index contributed by atoms with van der Waals surface area (Å²) < 4.78 is 13.0. The highest BCUT2D eigenvalue weighted by molar-refractivity contribution is 6.00. The summed E-state index contributed by atoms with van der Waals surface area (Å²) in [6.45, 7) is 8.63. The van der Waals surface area contributed by atoms with E-state index in [1.54, 1.807) is 26.4 Å². The first kappa shape index (κ1) is 18.9. The Kier molecular flexibility index (Phi) is 5.17. The summed E-state index contributed by atoms with van der Waals surface area (Å²) in [4.78, 5) is 15.5. The number of ether oxygens (including phenoxy) is 2. The fraction of sp³-hybridized carbons (Fsp3) is 0.381. The number of anilines is 2. The number of nitrogens with two attached hydrogens (primary N) is 1. The normalized spacial score (nSPS) is 11.1. The third-order valence-corrected chi connectivity index (χ3v) is 5.13. The van der Waals surface area contributed by atoms with E-state index >= 15 is 0 Å². The summed E-state index contributed by atoms with van der Waals surface area (Å²) in [6.07, 6.45) is 0. The van der Waals surface area contributed by atoms with Crippen LogP contribution in [0.25, 0.3) is 21.8 Å². The number of aromatic nitrogens is 1. The molecule has 0 aliphatic heterocycles. The number of hydrogen-bond acceptors (Lipinski definition) is 5. The second-order valence-corrected chi connectivity index (χ2v) is 6.40. The van der Waals surface area contributed by atoms with Crippen LogP contribution in [0.5, 0.6) is 11.5 Å². The second kappa shape index (κ2) is 7.39. The second-order valence-electron chi connectivity index (χ2n) is 6.40. The molecule has 0 radical (unpaired) electrons. The van der Waals surface area contributed by atoms with Crippen molar-refractivity contribution in [3.05, 3.63) is 34.5 Å². The van der Waals surface area contributed by atoms with Crippen LogP contribution in [0.3, 0.4) is 0 Å². The minimum absolute atomic E-state index is 0.0815. The van der Waals surface area contributed by atoms with Gasteiger partial charge in [0.15, 0.2) is 0 Å². The lowest BCUT2D eigenvalue weighted by atomic mass is 10.1. The first-order valence-electron chi connectivity index (χ1n) is 9.27. The Morgan fingerprint density at radius 2 is 1.70 bits per heavy atom. The molecule has 2 N–H and O–H groups in total. The molecule has 1 heterocycles. The third-order valence-electron chi connectivity index (χ3n) is 5.13. The molecule has 0 amide bonds. The van der Waals surface area contributed by atoms with Crippen LogP contribution in [0.2, 0.25) is 0 Å². The summed E-state index contributed by atoms with van der Waals surface area (Å²) in [6, 6.07) is 7.44. The zero-order valence-electron chi connectivity index (χ0n) is 16.6. The van der Waals surface area contributed by atoms with Crippen LogP contribution in [0.15, 0.2) is 29.1 Å². The van der Waals surface area contributed by atoms with Gasteiger partial charge in [0.1, 0.15) is 11.5 Å². The molecule has 0 aliphatic rings. The monoisotopic (exact) mass is 369 g/mol. The summed E-state index contributed by atoms with van der Waals surface area (Å²) in [5, 5.41) is 1.14. The molecule has 3 rings (SSSR count). The molecular formula is C21H27N3O3. The smallest absolute Gasteiger partial charge is 0.201 e. The Morgan fingerprint density at radius 3 is 2.26 bits per heavy atom. The largest absolute Gasteiger partial charge is 0.497 e. The molecule has 6 heteroatoms. The van der Waals surface area contributed by atoms with E-state index in [2.05, 4.69) is 30.2 Å². The van der Waals surface area contributed by atoms with E-state index in [1.807, 2.05) is 12.1 Å². The molecule has 0 saturated heterocycles. The van der Waals surface area contributed by atoms with Gasteiger partial charge in [0, 0.05) is 37.2 Å². The highest BCUT2D eigenvalue weighted by Gasteiger charge is 2.18. The molecule has 3 aromatic rings. The lowest BCUT2D eigenvalue weighted by molar-refractivity contribution is 0.397. The molecule has 1 aromatic heterocycles. The quantitative estimate of drug-likeness (QED) is 0.531. The van der Waals surface area contributed by atoms with Crippen molar-refractivity contribution in [3.63, 3.8) is 0 Å². The fourth-order valence-electron chi connectivity index (χ4n) is 3.74. The van der Waals surface area contributed by atoms with Crippen LogP contribution in [-0.2, 0) is 6.54 Å². The highest BCUT2D eigenvalue weighted by Crippen LogP contribution is 2.34. The topological polar surface area (TPSA) is 69.7 Å². The number of pyridine rings is 1. The number of hydrogen-bond donors (Lipinski definition) is 1.